The summed E-state index contributed by atoms with van der Waals surface area (Å²) in [5.74, 6) is 1.24. The second kappa shape index (κ2) is 4.64. The largest absolute Gasteiger partial charge is 0.368 e. The molecule has 1 aliphatic rings. The highest BCUT2D eigenvalue weighted by Gasteiger charge is 2.28. The Balaban J connectivity index is 1.48. The summed E-state index contributed by atoms with van der Waals surface area (Å²) in [6, 6.07) is 3.71. The minimum Gasteiger partial charge on any atom is -0.368 e. The second-order valence-corrected chi connectivity index (χ2v) is 4.44. The minimum atomic E-state index is 0.177. The number of fused-ring (bicyclic) bond motifs is 1. The van der Waals surface area contributed by atoms with E-state index in [0.717, 1.165) is 24.3 Å². The van der Waals surface area contributed by atoms with Gasteiger partial charge in [-0.25, -0.2) is 9.50 Å². The van der Waals surface area contributed by atoms with Crippen molar-refractivity contribution in [2.24, 2.45) is 5.92 Å². The molecule has 2 N–H and O–H groups in total. The van der Waals surface area contributed by atoms with E-state index in [-0.39, 0.29) is 11.8 Å². The van der Waals surface area contributed by atoms with Gasteiger partial charge in [0.1, 0.15) is 5.82 Å². The van der Waals surface area contributed by atoms with Crippen LogP contribution in [0.25, 0.3) is 5.65 Å². The summed E-state index contributed by atoms with van der Waals surface area (Å²) < 4.78 is 1.71. The van der Waals surface area contributed by atoms with Gasteiger partial charge in [-0.2, -0.15) is 5.10 Å². The molecule has 0 saturated heterocycles. The third kappa shape index (κ3) is 2.42. The monoisotopic (exact) mass is 245 g/mol. The molecule has 2 aromatic rings. The van der Waals surface area contributed by atoms with Crippen molar-refractivity contribution in [1.82, 2.24) is 19.9 Å². The van der Waals surface area contributed by atoms with Gasteiger partial charge in [0.2, 0.25) is 5.91 Å². The number of carbonyl (C=O) groups is 1. The number of rotatable bonds is 5. The van der Waals surface area contributed by atoms with Crippen LogP contribution >= 0.6 is 0 Å². The van der Waals surface area contributed by atoms with Gasteiger partial charge in [0, 0.05) is 31.3 Å². The van der Waals surface area contributed by atoms with E-state index in [1.807, 2.05) is 18.3 Å². The number of nitrogens with zero attached hydrogens (tertiary/aromatic N) is 3. The van der Waals surface area contributed by atoms with E-state index in [2.05, 4.69) is 20.7 Å². The Hall–Kier alpha value is -2.11. The Morgan fingerprint density at radius 2 is 2.28 bits per heavy atom. The molecule has 6 nitrogen and oxygen atoms in total. The first kappa shape index (κ1) is 11.0. The highest BCUT2D eigenvalue weighted by molar-refractivity contribution is 5.80. The minimum absolute atomic E-state index is 0.177. The topological polar surface area (TPSA) is 71.3 Å². The number of aromatic nitrogens is 3. The van der Waals surface area contributed by atoms with Crippen LogP contribution in [0.5, 0.6) is 0 Å². The van der Waals surface area contributed by atoms with Gasteiger partial charge in [-0.1, -0.05) is 0 Å². The van der Waals surface area contributed by atoms with E-state index in [1.54, 1.807) is 10.7 Å². The predicted octanol–water partition coefficient (Wildman–Crippen LogP) is 0.667. The molecule has 0 bridgehead atoms. The third-order valence-corrected chi connectivity index (χ3v) is 2.94. The zero-order valence-corrected chi connectivity index (χ0v) is 9.97. The molecule has 2 heterocycles. The van der Waals surface area contributed by atoms with E-state index in [9.17, 15) is 4.79 Å². The first-order valence-electron chi connectivity index (χ1n) is 6.15. The van der Waals surface area contributed by atoms with Gasteiger partial charge in [-0.3, -0.25) is 4.79 Å². The Morgan fingerprint density at radius 1 is 1.39 bits per heavy atom. The summed E-state index contributed by atoms with van der Waals surface area (Å²) in [6.07, 6.45) is 5.65. The van der Waals surface area contributed by atoms with E-state index >= 15 is 0 Å². The number of hydrogen-bond acceptors (Lipinski definition) is 4. The molecule has 1 amide bonds. The standard InChI is InChI=1S/C12H15N5O/c18-12(9-1-2-9)14-7-6-13-10-4-8-17-11(16-10)3-5-15-17/h3-5,8-9H,1-2,6-7H2,(H,13,16)(H,14,18). The maximum Gasteiger partial charge on any atom is 0.223 e. The lowest BCUT2D eigenvalue weighted by Gasteiger charge is -2.07. The number of anilines is 1. The van der Waals surface area contributed by atoms with Crippen LogP contribution < -0.4 is 10.6 Å². The summed E-state index contributed by atoms with van der Waals surface area (Å²) in [7, 11) is 0. The second-order valence-electron chi connectivity index (χ2n) is 4.44. The molecule has 1 aliphatic carbocycles. The van der Waals surface area contributed by atoms with E-state index in [4.69, 9.17) is 0 Å². The average Bonchev–Trinajstić information content (AvgIpc) is 3.13. The van der Waals surface area contributed by atoms with Crippen molar-refractivity contribution in [3.8, 4) is 0 Å². The number of nitrogens with one attached hydrogen (secondary N) is 2. The molecule has 0 unspecified atom stereocenters. The fourth-order valence-corrected chi connectivity index (χ4v) is 1.78. The molecule has 6 heteroatoms. The normalized spacial score (nSPS) is 14.7. The molecule has 0 aliphatic heterocycles. The lowest BCUT2D eigenvalue weighted by atomic mass is 10.4. The van der Waals surface area contributed by atoms with Crippen molar-refractivity contribution < 1.29 is 4.79 Å². The van der Waals surface area contributed by atoms with Crippen molar-refractivity contribution >= 4 is 17.4 Å². The van der Waals surface area contributed by atoms with Crippen LogP contribution in [-0.2, 0) is 4.79 Å². The predicted molar refractivity (Wildman–Crippen MR) is 67.2 cm³/mol. The summed E-state index contributed by atoms with van der Waals surface area (Å²) in [6.45, 7) is 1.30. The number of hydrogen-bond donors (Lipinski definition) is 2. The van der Waals surface area contributed by atoms with Crippen molar-refractivity contribution in [2.45, 2.75) is 12.8 Å². The molecule has 0 radical (unpaired) electrons. The van der Waals surface area contributed by atoms with Crippen LogP contribution in [0.1, 0.15) is 12.8 Å². The molecule has 0 atom stereocenters. The first-order valence-corrected chi connectivity index (χ1v) is 6.15. The first-order chi connectivity index (χ1) is 8.83. The van der Waals surface area contributed by atoms with Gasteiger partial charge < -0.3 is 10.6 Å². The van der Waals surface area contributed by atoms with Crippen molar-refractivity contribution in [1.29, 1.82) is 0 Å². The van der Waals surface area contributed by atoms with Gasteiger partial charge in [0.15, 0.2) is 5.65 Å². The van der Waals surface area contributed by atoms with Crippen LogP contribution in [-0.4, -0.2) is 33.6 Å². The lowest BCUT2D eigenvalue weighted by Crippen LogP contribution is -2.29. The third-order valence-electron chi connectivity index (χ3n) is 2.94. The molecule has 0 aromatic carbocycles. The van der Waals surface area contributed by atoms with Crippen LogP contribution in [0.3, 0.4) is 0 Å². The molecule has 3 rings (SSSR count). The summed E-state index contributed by atoms with van der Waals surface area (Å²) in [5.41, 5.74) is 0.807. The van der Waals surface area contributed by atoms with Crippen LogP contribution in [0.2, 0.25) is 0 Å². The van der Waals surface area contributed by atoms with Gasteiger partial charge in [0.05, 0.1) is 6.20 Å². The van der Waals surface area contributed by atoms with Crippen molar-refractivity contribution in [3.63, 3.8) is 0 Å². The molecule has 1 fully saturated rings. The van der Waals surface area contributed by atoms with E-state index < -0.39 is 0 Å². The lowest BCUT2D eigenvalue weighted by molar-refractivity contribution is -0.122. The maximum atomic E-state index is 11.4. The average molecular weight is 245 g/mol. The fraction of sp³-hybridized carbons (Fsp3) is 0.417. The summed E-state index contributed by atoms with van der Waals surface area (Å²) in [5, 5.41) is 10.1. The number of amides is 1. The molecular formula is C12H15N5O. The Kier molecular flexibility index (Phi) is 2.84. The molecule has 2 aromatic heterocycles. The highest BCUT2D eigenvalue weighted by Crippen LogP contribution is 2.28. The van der Waals surface area contributed by atoms with Crippen LogP contribution in [0, 0.1) is 5.92 Å². The van der Waals surface area contributed by atoms with Crippen LogP contribution in [0.15, 0.2) is 24.5 Å². The van der Waals surface area contributed by atoms with Gasteiger partial charge in [-0.15, -0.1) is 0 Å². The maximum absolute atomic E-state index is 11.4. The molecule has 18 heavy (non-hydrogen) atoms. The molecule has 1 saturated carbocycles. The van der Waals surface area contributed by atoms with Crippen molar-refractivity contribution in [3.05, 3.63) is 24.5 Å². The van der Waals surface area contributed by atoms with Crippen LogP contribution in [0.4, 0.5) is 5.82 Å². The van der Waals surface area contributed by atoms with E-state index in [0.29, 0.717) is 13.1 Å². The Bertz CT molecular complexity index is 560. The summed E-state index contributed by atoms with van der Waals surface area (Å²) in [4.78, 5) is 15.8. The van der Waals surface area contributed by atoms with Crippen molar-refractivity contribution in [2.75, 3.05) is 18.4 Å². The SMILES string of the molecule is O=C(NCCNc1ccn2nccc2n1)C1CC1. The molecule has 94 valence electrons. The molecule has 0 spiro atoms. The highest BCUT2D eigenvalue weighted by atomic mass is 16.2. The van der Waals surface area contributed by atoms with E-state index in [1.165, 1.54) is 0 Å². The quantitative estimate of drug-likeness (QED) is 0.759. The Labute approximate surface area is 104 Å². The zero-order chi connectivity index (χ0) is 12.4. The smallest absolute Gasteiger partial charge is 0.223 e. The van der Waals surface area contributed by atoms with Gasteiger partial charge >= 0.3 is 0 Å². The fourth-order valence-electron chi connectivity index (χ4n) is 1.78. The summed E-state index contributed by atoms with van der Waals surface area (Å²) >= 11 is 0. The number of carbonyl (C=O) groups excluding carboxylic acids is 1. The van der Waals surface area contributed by atoms with Gasteiger partial charge in [-0.05, 0) is 18.9 Å². The molecular weight excluding hydrogens is 230 g/mol. The Morgan fingerprint density at radius 3 is 3.11 bits per heavy atom. The zero-order valence-electron chi connectivity index (χ0n) is 9.97. The van der Waals surface area contributed by atoms with Gasteiger partial charge in [0.25, 0.3) is 0 Å².